The third-order valence-corrected chi connectivity index (χ3v) is 10.7. The Morgan fingerprint density at radius 2 is 1.10 bits per heavy atom. The predicted molar refractivity (Wildman–Crippen MR) is 202 cm³/mol. The summed E-state index contributed by atoms with van der Waals surface area (Å²) in [5.74, 6) is 1.10. The molecule has 0 aliphatic carbocycles. The van der Waals surface area contributed by atoms with Gasteiger partial charge < -0.3 is 4.57 Å². The van der Waals surface area contributed by atoms with E-state index in [1.165, 1.54) is 65.5 Å². The van der Waals surface area contributed by atoms with Crippen LogP contribution >= 0.6 is 0 Å². The zero-order valence-corrected chi connectivity index (χ0v) is 26.9. The summed E-state index contributed by atoms with van der Waals surface area (Å²) < 4.78 is 4.88. The SMILES string of the molecule is CC1(C)c2ccccc2N=C(n2c3ccc(-n4c5ccccc5c5ccccc54)cc3c3c4ccccc4ccc32)C1c1ccccc1. The minimum absolute atomic E-state index is 0.0379. The van der Waals surface area contributed by atoms with Crippen molar-refractivity contribution < 1.29 is 0 Å². The second-order valence-electron chi connectivity index (χ2n) is 13.6. The van der Waals surface area contributed by atoms with Crippen LogP contribution in [0.4, 0.5) is 5.69 Å². The van der Waals surface area contributed by atoms with Crippen molar-refractivity contribution in [2.24, 2.45) is 4.99 Å². The smallest absolute Gasteiger partial charge is 0.122 e. The third-order valence-electron chi connectivity index (χ3n) is 10.7. The Morgan fingerprint density at radius 3 is 1.88 bits per heavy atom. The molecule has 0 amide bonds. The van der Waals surface area contributed by atoms with E-state index in [0.29, 0.717) is 0 Å². The van der Waals surface area contributed by atoms with E-state index in [1.807, 2.05) is 0 Å². The number of nitrogens with zero attached hydrogens (tertiary/aromatic N) is 3. The summed E-state index contributed by atoms with van der Waals surface area (Å²) in [6, 6.07) is 57.5. The van der Waals surface area contributed by atoms with Gasteiger partial charge >= 0.3 is 0 Å². The fraction of sp³-hybridized carbons (Fsp3) is 0.0889. The largest absolute Gasteiger partial charge is 0.309 e. The summed E-state index contributed by atoms with van der Waals surface area (Å²) >= 11 is 0. The molecule has 3 heterocycles. The van der Waals surface area contributed by atoms with E-state index in [-0.39, 0.29) is 11.3 Å². The summed E-state index contributed by atoms with van der Waals surface area (Å²) in [4.78, 5) is 5.55. The minimum Gasteiger partial charge on any atom is -0.309 e. The van der Waals surface area contributed by atoms with Gasteiger partial charge in [0.2, 0.25) is 0 Å². The van der Waals surface area contributed by atoms with Crippen molar-refractivity contribution in [2.75, 3.05) is 0 Å². The molecule has 0 saturated carbocycles. The molecule has 1 aliphatic rings. The number of aromatic nitrogens is 2. The molecule has 1 atom stereocenters. The molecule has 0 fully saturated rings. The van der Waals surface area contributed by atoms with E-state index in [9.17, 15) is 0 Å². The van der Waals surface area contributed by atoms with Gasteiger partial charge in [0, 0.05) is 32.6 Å². The van der Waals surface area contributed by atoms with Gasteiger partial charge in [0.25, 0.3) is 0 Å². The molecule has 10 rings (SSSR count). The molecule has 1 unspecified atom stereocenters. The molecule has 228 valence electrons. The first-order valence-corrected chi connectivity index (χ1v) is 16.8. The maximum atomic E-state index is 5.55. The number of hydrogen-bond acceptors (Lipinski definition) is 1. The average molecular weight is 616 g/mol. The van der Waals surface area contributed by atoms with Gasteiger partial charge in [0.1, 0.15) is 5.84 Å². The van der Waals surface area contributed by atoms with Crippen LogP contribution in [0.25, 0.3) is 60.1 Å². The molecular formula is C45H33N3. The number of benzene rings is 7. The van der Waals surface area contributed by atoms with Gasteiger partial charge in [0.15, 0.2) is 0 Å². The molecular weight excluding hydrogens is 583 g/mol. The quantitative estimate of drug-likeness (QED) is 0.185. The van der Waals surface area contributed by atoms with Gasteiger partial charge in [0.05, 0.1) is 33.7 Å². The molecule has 1 aliphatic heterocycles. The lowest BCUT2D eigenvalue weighted by molar-refractivity contribution is 0.477. The van der Waals surface area contributed by atoms with E-state index < -0.39 is 0 Å². The lowest BCUT2D eigenvalue weighted by Gasteiger charge is -2.40. The first-order valence-electron chi connectivity index (χ1n) is 16.8. The number of para-hydroxylation sites is 3. The van der Waals surface area contributed by atoms with Crippen LogP contribution in [0.2, 0.25) is 0 Å². The van der Waals surface area contributed by atoms with E-state index in [2.05, 4.69) is 181 Å². The fourth-order valence-corrected chi connectivity index (χ4v) is 8.54. The monoisotopic (exact) mass is 615 g/mol. The fourth-order valence-electron chi connectivity index (χ4n) is 8.54. The molecule has 0 spiro atoms. The Hall–Kier alpha value is -5.93. The molecule has 48 heavy (non-hydrogen) atoms. The van der Waals surface area contributed by atoms with Gasteiger partial charge in [-0.2, -0.15) is 0 Å². The maximum absolute atomic E-state index is 5.55. The highest BCUT2D eigenvalue weighted by Crippen LogP contribution is 2.49. The Kier molecular flexibility index (Phi) is 5.69. The maximum Gasteiger partial charge on any atom is 0.122 e. The Morgan fingerprint density at radius 1 is 0.500 bits per heavy atom. The molecule has 9 aromatic rings. The molecule has 0 N–H and O–H groups in total. The van der Waals surface area contributed by atoms with Gasteiger partial charge in [-0.1, -0.05) is 129 Å². The molecule has 2 aromatic heterocycles. The molecule has 3 heteroatoms. The summed E-state index contributed by atoms with van der Waals surface area (Å²) in [6.07, 6.45) is 0. The van der Waals surface area contributed by atoms with Gasteiger partial charge in [-0.05, 0) is 64.4 Å². The van der Waals surface area contributed by atoms with Gasteiger partial charge in [-0.3, -0.25) is 4.57 Å². The van der Waals surface area contributed by atoms with Crippen molar-refractivity contribution in [3.63, 3.8) is 0 Å². The zero-order chi connectivity index (χ0) is 32.0. The van der Waals surface area contributed by atoms with Crippen LogP contribution in [0, 0.1) is 0 Å². The normalized spacial score (nSPS) is 15.8. The number of aliphatic imine (C=N–C) groups is 1. The first kappa shape index (κ1) is 27.2. The van der Waals surface area contributed by atoms with Crippen molar-refractivity contribution in [1.29, 1.82) is 0 Å². The van der Waals surface area contributed by atoms with Crippen LogP contribution in [0.15, 0.2) is 163 Å². The van der Waals surface area contributed by atoms with Crippen LogP contribution in [-0.2, 0) is 5.41 Å². The van der Waals surface area contributed by atoms with Crippen LogP contribution in [0.1, 0.15) is 30.9 Å². The van der Waals surface area contributed by atoms with Gasteiger partial charge in [-0.15, -0.1) is 0 Å². The lowest BCUT2D eigenvalue weighted by atomic mass is 9.67. The van der Waals surface area contributed by atoms with Crippen molar-refractivity contribution in [1.82, 2.24) is 9.13 Å². The highest BCUT2D eigenvalue weighted by Gasteiger charge is 2.42. The Labute approximate surface area is 279 Å². The van der Waals surface area contributed by atoms with Crippen molar-refractivity contribution >= 4 is 65.9 Å². The van der Waals surface area contributed by atoms with Crippen molar-refractivity contribution in [3.8, 4) is 5.69 Å². The minimum atomic E-state index is -0.197. The van der Waals surface area contributed by atoms with Crippen molar-refractivity contribution in [2.45, 2.75) is 25.2 Å². The van der Waals surface area contributed by atoms with E-state index >= 15 is 0 Å². The van der Waals surface area contributed by atoms with Crippen LogP contribution in [0.5, 0.6) is 0 Å². The predicted octanol–water partition coefficient (Wildman–Crippen LogP) is 11.7. The van der Waals surface area contributed by atoms with Crippen LogP contribution in [-0.4, -0.2) is 15.0 Å². The highest BCUT2D eigenvalue weighted by molar-refractivity contribution is 6.25. The van der Waals surface area contributed by atoms with Gasteiger partial charge in [-0.25, -0.2) is 4.99 Å². The van der Waals surface area contributed by atoms with Crippen molar-refractivity contribution in [3.05, 3.63) is 169 Å². The molecule has 0 radical (unpaired) electrons. The summed E-state index contributed by atoms with van der Waals surface area (Å²) in [6.45, 7) is 4.75. The third kappa shape index (κ3) is 3.73. The Bertz CT molecular complexity index is 2700. The molecule has 3 nitrogen and oxygen atoms in total. The first-order chi connectivity index (χ1) is 23.6. The average Bonchev–Trinajstić information content (AvgIpc) is 3.64. The molecule has 7 aromatic carbocycles. The van der Waals surface area contributed by atoms with Crippen LogP contribution in [0.3, 0.4) is 0 Å². The number of hydrogen-bond donors (Lipinski definition) is 0. The summed E-state index contributed by atoms with van der Waals surface area (Å²) in [5, 5.41) is 7.52. The van der Waals surface area contributed by atoms with E-state index in [1.54, 1.807) is 0 Å². The number of rotatable bonds is 2. The van der Waals surface area contributed by atoms with E-state index in [4.69, 9.17) is 4.99 Å². The summed E-state index contributed by atoms with van der Waals surface area (Å²) in [5.41, 5.74) is 9.33. The molecule has 0 bridgehead atoms. The van der Waals surface area contributed by atoms with Crippen LogP contribution < -0.4 is 0 Å². The Balaban J connectivity index is 1.34. The number of fused-ring (bicyclic) bond motifs is 9. The highest BCUT2D eigenvalue weighted by atomic mass is 15.1. The standard InChI is InChI=1S/C45H33N3/c1-45(2)36-20-10-11-21-37(36)46-44(43(45)30-15-4-3-5-16-30)48-40-27-25-31(28-35(40)42-32-17-7-6-14-29(32)24-26-41(42)48)47-38-22-12-8-18-33(38)34-19-9-13-23-39(34)47/h3-28,43H,1-2H3. The zero-order valence-electron chi connectivity index (χ0n) is 26.9. The lowest BCUT2D eigenvalue weighted by Crippen LogP contribution is -2.38. The van der Waals surface area contributed by atoms with E-state index in [0.717, 1.165) is 17.2 Å². The summed E-state index contributed by atoms with van der Waals surface area (Å²) in [7, 11) is 0. The topological polar surface area (TPSA) is 22.2 Å². The second-order valence-corrected chi connectivity index (χ2v) is 13.6. The second kappa shape index (κ2) is 10.0. The molecule has 0 saturated heterocycles.